The fraction of sp³-hybridized carbons (Fsp3) is 1.00. The molecule has 0 aromatic heterocycles. The Hall–Kier alpha value is -0.0800. The van der Waals surface area contributed by atoms with Gasteiger partial charge in [0.2, 0.25) is 0 Å². The van der Waals surface area contributed by atoms with Crippen LogP contribution in [0.3, 0.4) is 0 Å². The molecule has 1 unspecified atom stereocenters. The summed E-state index contributed by atoms with van der Waals surface area (Å²) in [6, 6.07) is 1.60. The molecule has 0 aromatic rings. The smallest absolute Gasteiger partial charge is 0.0235 e. The summed E-state index contributed by atoms with van der Waals surface area (Å²) in [4.78, 5) is 5.42. The van der Waals surface area contributed by atoms with Crippen molar-refractivity contribution in [1.29, 1.82) is 0 Å². The molecule has 0 bridgehead atoms. The van der Waals surface area contributed by atoms with Gasteiger partial charge in [-0.3, -0.25) is 9.80 Å². The van der Waals surface area contributed by atoms with Crippen molar-refractivity contribution >= 4 is 0 Å². The average Bonchev–Trinajstić information content (AvgIpc) is 2.66. The van der Waals surface area contributed by atoms with Gasteiger partial charge in [0.05, 0.1) is 0 Å². The Morgan fingerprint density at radius 1 is 0.875 bits per heavy atom. The quantitative estimate of drug-likeness (QED) is 0.711. The minimum atomic E-state index is 0.736. The molecule has 0 N–H and O–H groups in total. The van der Waals surface area contributed by atoms with Gasteiger partial charge in [-0.1, -0.05) is 19.3 Å². The van der Waals surface area contributed by atoms with E-state index in [1.165, 1.54) is 64.7 Å². The van der Waals surface area contributed by atoms with Crippen LogP contribution in [0.2, 0.25) is 0 Å². The molecule has 1 atom stereocenters. The maximum atomic E-state index is 2.78. The zero-order chi connectivity index (χ0) is 11.4. The first-order chi connectivity index (χ1) is 7.77. The molecule has 16 heavy (non-hydrogen) atoms. The SMILES string of the molecule is CC(C)N1CCC(N2CCCCCCC2)C1. The van der Waals surface area contributed by atoms with E-state index in [1.807, 2.05) is 0 Å². The molecule has 0 aliphatic carbocycles. The third-order valence-corrected chi connectivity index (χ3v) is 4.33. The Morgan fingerprint density at radius 2 is 1.50 bits per heavy atom. The molecule has 0 spiro atoms. The lowest BCUT2D eigenvalue weighted by atomic mass is 10.1. The third-order valence-electron chi connectivity index (χ3n) is 4.33. The van der Waals surface area contributed by atoms with E-state index in [0.717, 1.165) is 12.1 Å². The van der Waals surface area contributed by atoms with E-state index in [0.29, 0.717) is 0 Å². The van der Waals surface area contributed by atoms with E-state index in [2.05, 4.69) is 23.6 Å². The van der Waals surface area contributed by atoms with Crippen molar-refractivity contribution < 1.29 is 0 Å². The first-order valence-electron chi connectivity index (χ1n) is 7.25. The van der Waals surface area contributed by atoms with Crippen LogP contribution in [0.4, 0.5) is 0 Å². The Morgan fingerprint density at radius 3 is 2.06 bits per heavy atom. The van der Waals surface area contributed by atoms with Crippen LogP contribution in [0.15, 0.2) is 0 Å². The summed E-state index contributed by atoms with van der Waals surface area (Å²) < 4.78 is 0. The Labute approximate surface area is 101 Å². The molecule has 2 heterocycles. The highest BCUT2D eigenvalue weighted by Gasteiger charge is 2.28. The number of hydrogen-bond acceptors (Lipinski definition) is 2. The molecule has 0 radical (unpaired) electrons. The Bertz CT molecular complexity index is 195. The lowest BCUT2D eigenvalue weighted by Gasteiger charge is -2.31. The standard InChI is InChI=1S/C14H28N2/c1-13(2)16-11-8-14(12-16)15-9-6-4-3-5-7-10-15/h13-14H,3-12H2,1-2H3. The van der Waals surface area contributed by atoms with Gasteiger partial charge in [0.25, 0.3) is 0 Å². The summed E-state index contributed by atoms with van der Waals surface area (Å²) in [5.41, 5.74) is 0. The number of hydrogen-bond donors (Lipinski definition) is 0. The van der Waals surface area contributed by atoms with Gasteiger partial charge in [0.1, 0.15) is 0 Å². The van der Waals surface area contributed by atoms with Crippen LogP contribution in [0.1, 0.15) is 52.4 Å². The van der Waals surface area contributed by atoms with Crippen LogP contribution in [-0.2, 0) is 0 Å². The molecule has 2 fully saturated rings. The molecular weight excluding hydrogens is 196 g/mol. The summed E-state index contributed by atoms with van der Waals surface area (Å²) in [6.07, 6.45) is 8.64. The second-order valence-electron chi connectivity index (χ2n) is 5.83. The van der Waals surface area contributed by atoms with Crippen LogP contribution in [-0.4, -0.2) is 48.1 Å². The maximum absolute atomic E-state index is 2.78. The molecular formula is C14H28N2. The predicted molar refractivity (Wildman–Crippen MR) is 69.8 cm³/mol. The molecule has 0 saturated carbocycles. The van der Waals surface area contributed by atoms with Crippen molar-refractivity contribution in [1.82, 2.24) is 9.80 Å². The molecule has 94 valence electrons. The summed E-state index contributed by atoms with van der Waals surface area (Å²) in [6.45, 7) is 10.0. The molecule has 2 heteroatoms. The van der Waals surface area contributed by atoms with E-state index < -0.39 is 0 Å². The monoisotopic (exact) mass is 224 g/mol. The molecule has 2 rings (SSSR count). The fourth-order valence-corrected chi connectivity index (χ4v) is 3.17. The fourth-order valence-electron chi connectivity index (χ4n) is 3.17. The molecule has 2 nitrogen and oxygen atoms in total. The lowest BCUT2D eigenvalue weighted by molar-refractivity contribution is 0.169. The lowest BCUT2D eigenvalue weighted by Crippen LogP contribution is -2.40. The normalized spacial score (nSPS) is 30.6. The summed E-state index contributed by atoms with van der Waals surface area (Å²) in [7, 11) is 0. The minimum absolute atomic E-state index is 0.736. The first-order valence-corrected chi connectivity index (χ1v) is 7.25. The van der Waals surface area contributed by atoms with Gasteiger partial charge in [0, 0.05) is 25.2 Å². The van der Waals surface area contributed by atoms with Crippen LogP contribution in [0.25, 0.3) is 0 Å². The molecule has 2 aliphatic rings. The van der Waals surface area contributed by atoms with Crippen LogP contribution in [0, 0.1) is 0 Å². The van der Waals surface area contributed by atoms with Crippen molar-refractivity contribution in [2.45, 2.75) is 64.5 Å². The van der Waals surface area contributed by atoms with Crippen molar-refractivity contribution in [3.05, 3.63) is 0 Å². The van der Waals surface area contributed by atoms with Gasteiger partial charge in [-0.15, -0.1) is 0 Å². The number of nitrogens with zero attached hydrogens (tertiary/aromatic N) is 2. The highest BCUT2D eigenvalue weighted by Crippen LogP contribution is 2.20. The molecule has 0 aromatic carbocycles. The van der Waals surface area contributed by atoms with Gasteiger partial charge in [-0.25, -0.2) is 0 Å². The summed E-state index contributed by atoms with van der Waals surface area (Å²) in [5.74, 6) is 0. The maximum Gasteiger partial charge on any atom is 0.0235 e. The highest BCUT2D eigenvalue weighted by atomic mass is 15.3. The second-order valence-corrected chi connectivity index (χ2v) is 5.83. The number of likely N-dealkylation sites (tertiary alicyclic amines) is 2. The van der Waals surface area contributed by atoms with E-state index >= 15 is 0 Å². The zero-order valence-electron chi connectivity index (χ0n) is 11.1. The summed E-state index contributed by atoms with van der Waals surface area (Å²) >= 11 is 0. The largest absolute Gasteiger partial charge is 0.299 e. The van der Waals surface area contributed by atoms with Crippen molar-refractivity contribution in [3.8, 4) is 0 Å². The molecule has 2 aliphatic heterocycles. The van der Waals surface area contributed by atoms with Crippen LogP contribution >= 0.6 is 0 Å². The minimum Gasteiger partial charge on any atom is -0.299 e. The van der Waals surface area contributed by atoms with Gasteiger partial charge >= 0.3 is 0 Å². The van der Waals surface area contributed by atoms with E-state index in [9.17, 15) is 0 Å². The third kappa shape index (κ3) is 3.21. The highest BCUT2D eigenvalue weighted by molar-refractivity contribution is 4.85. The van der Waals surface area contributed by atoms with Gasteiger partial charge in [-0.2, -0.15) is 0 Å². The van der Waals surface area contributed by atoms with E-state index in [1.54, 1.807) is 0 Å². The van der Waals surface area contributed by atoms with Crippen molar-refractivity contribution in [3.63, 3.8) is 0 Å². The van der Waals surface area contributed by atoms with Crippen LogP contribution in [0.5, 0.6) is 0 Å². The van der Waals surface area contributed by atoms with Gasteiger partial charge in [0.15, 0.2) is 0 Å². The zero-order valence-corrected chi connectivity index (χ0v) is 11.1. The topological polar surface area (TPSA) is 6.48 Å². The predicted octanol–water partition coefficient (Wildman–Crippen LogP) is 2.74. The molecule has 2 saturated heterocycles. The Kier molecular flexibility index (Phi) is 4.66. The van der Waals surface area contributed by atoms with Gasteiger partial charge < -0.3 is 0 Å². The first kappa shape index (κ1) is 12.4. The molecule has 0 amide bonds. The van der Waals surface area contributed by atoms with Crippen LogP contribution < -0.4 is 0 Å². The second kappa shape index (κ2) is 6.02. The van der Waals surface area contributed by atoms with E-state index in [4.69, 9.17) is 0 Å². The Balaban J connectivity index is 1.82. The number of rotatable bonds is 2. The summed E-state index contributed by atoms with van der Waals surface area (Å²) in [5, 5.41) is 0. The van der Waals surface area contributed by atoms with Crippen molar-refractivity contribution in [2.75, 3.05) is 26.2 Å². The average molecular weight is 224 g/mol. The van der Waals surface area contributed by atoms with Crippen molar-refractivity contribution in [2.24, 2.45) is 0 Å². The van der Waals surface area contributed by atoms with E-state index in [-0.39, 0.29) is 0 Å². The van der Waals surface area contributed by atoms with Gasteiger partial charge in [-0.05, 0) is 46.2 Å².